The van der Waals surface area contributed by atoms with E-state index in [1.807, 2.05) is 6.07 Å². The number of carbonyl (C=O) groups excluding carboxylic acids is 1. The molecule has 3 aromatic rings. The van der Waals surface area contributed by atoms with Gasteiger partial charge >= 0.3 is 0 Å². The van der Waals surface area contributed by atoms with Crippen LogP contribution in [0.25, 0.3) is 0 Å². The lowest BCUT2D eigenvalue weighted by molar-refractivity contribution is 0.0908. The molecule has 2 aliphatic heterocycles. The van der Waals surface area contributed by atoms with Crippen LogP contribution in [0, 0.1) is 11.6 Å². The fourth-order valence-electron chi connectivity index (χ4n) is 5.36. The van der Waals surface area contributed by atoms with Crippen molar-refractivity contribution in [3.63, 3.8) is 0 Å². The maximum atomic E-state index is 13.5. The summed E-state index contributed by atoms with van der Waals surface area (Å²) in [4.78, 5) is 17.6. The molecule has 0 radical (unpaired) electrons. The molecule has 0 saturated carbocycles. The van der Waals surface area contributed by atoms with Gasteiger partial charge in [-0.05, 0) is 67.1 Å². The molecule has 2 saturated heterocycles. The Labute approximate surface area is 253 Å². The zero-order chi connectivity index (χ0) is 28.1. The van der Waals surface area contributed by atoms with Gasteiger partial charge in [0.25, 0.3) is 5.91 Å². The van der Waals surface area contributed by atoms with Crippen LogP contribution in [-0.4, -0.2) is 54.0 Å². The molecule has 1 unspecified atom stereocenters. The monoisotopic (exact) mass is 679 g/mol. The molecular formula is C31H33ClF2IN3O2. The van der Waals surface area contributed by atoms with Crippen molar-refractivity contribution >= 4 is 40.1 Å². The van der Waals surface area contributed by atoms with E-state index in [0.717, 1.165) is 57.4 Å². The number of piperidine rings is 2. The summed E-state index contributed by atoms with van der Waals surface area (Å²) in [7, 11) is 0. The van der Waals surface area contributed by atoms with Crippen LogP contribution in [0.5, 0.6) is 5.75 Å². The van der Waals surface area contributed by atoms with E-state index in [0.29, 0.717) is 26.9 Å². The number of carbonyl (C=O) groups is 1. The lowest BCUT2D eigenvalue weighted by atomic mass is 10.0. The summed E-state index contributed by atoms with van der Waals surface area (Å²) in [6.45, 7) is 3.99. The second-order valence-electron chi connectivity index (χ2n) is 10.5. The van der Waals surface area contributed by atoms with Crippen molar-refractivity contribution in [3.8, 4) is 5.75 Å². The molecule has 5 nitrogen and oxygen atoms in total. The minimum atomic E-state index is -0.828. The number of amides is 1. The average molecular weight is 680 g/mol. The van der Waals surface area contributed by atoms with Crippen LogP contribution in [-0.2, 0) is 6.54 Å². The molecular weight excluding hydrogens is 647 g/mol. The first-order valence-electron chi connectivity index (χ1n) is 13.7. The Kier molecular flexibility index (Phi) is 9.93. The molecule has 0 aromatic heterocycles. The van der Waals surface area contributed by atoms with Gasteiger partial charge in [-0.1, -0.05) is 70.6 Å². The maximum Gasteiger partial charge on any atom is 0.251 e. The normalized spacial score (nSPS) is 18.4. The van der Waals surface area contributed by atoms with Gasteiger partial charge in [-0.15, -0.1) is 0 Å². The van der Waals surface area contributed by atoms with E-state index in [1.165, 1.54) is 17.7 Å². The molecule has 2 fully saturated rings. The minimum absolute atomic E-state index is 0.00109. The number of halogens is 4. The first-order valence-corrected chi connectivity index (χ1v) is 15.3. The third kappa shape index (κ3) is 7.51. The van der Waals surface area contributed by atoms with Gasteiger partial charge in [0.1, 0.15) is 11.9 Å². The Morgan fingerprint density at radius 1 is 0.950 bits per heavy atom. The zero-order valence-corrected chi connectivity index (χ0v) is 25.1. The molecule has 1 atom stereocenters. The number of nitrogens with one attached hydrogen (secondary N) is 1. The van der Waals surface area contributed by atoms with Crippen molar-refractivity contribution in [3.05, 3.63) is 100 Å². The van der Waals surface area contributed by atoms with Gasteiger partial charge in [0.15, 0.2) is 11.6 Å². The number of hydrogen-bond acceptors (Lipinski definition) is 4. The summed E-state index contributed by atoms with van der Waals surface area (Å²) in [5, 5.41) is 3.60. The summed E-state index contributed by atoms with van der Waals surface area (Å²) >= 11 is 9.01. The van der Waals surface area contributed by atoms with E-state index in [4.69, 9.17) is 16.3 Å². The molecule has 3 aromatic carbocycles. The van der Waals surface area contributed by atoms with Crippen molar-refractivity contribution in [2.45, 2.75) is 48.4 Å². The Bertz CT molecular complexity index is 1300. The predicted octanol–water partition coefficient (Wildman–Crippen LogP) is 6.99. The summed E-state index contributed by atoms with van der Waals surface area (Å²) in [6, 6.07) is 19.9. The summed E-state index contributed by atoms with van der Waals surface area (Å²) in [5.74, 6) is -1.20. The smallest absolute Gasteiger partial charge is 0.251 e. The number of rotatable bonds is 8. The van der Waals surface area contributed by atoms with Gasteiger partial charge in [0.2, 0.25) is 0 Å². The first kappa shape index (κ1) is 29.2. The highest BCUT2D eigenvalue weighted by Gasteiger charge is 2.26. The lowest BCUT2D eigenvalue weighted by Crippen LogP contribution is -2.44. The van der Waals surface area contributed by atoms with Gasteiger partial charge in [-0.3, -0.25) is 14.6 Å². The number of likely N-dealkylation sites (tertiary alicyclic amines) is 2. The van der Waals surface area contributed by atoms with Crippen LogP contribution in [0.2, 0.25) is 5.02 Å². The highest BCUT2D eigenvalue weighted by molar-refractivity contribution is 14.1. The third-order valence-electron chi connectivity index (χ3n) is 7.67. The van der Waals surface area contributed by atoms with Crippen LogP contribution in [0.3, 0.4) is 0 Å². The molecule has 2 aliphatic rings. The van der Waals surface area contributed by atoms with Crippen molar-refractivity contribution in [1.82, 2.24) is 15.1 Å². The lowest BCUT2D eigenvalue weighted by Gasteiger charge is -2.35. The molecule has 2 heterocycles. The molecule has 9 heteroatoms. The second-order valence-corrected chi connectivity index (χ2v) is 12.1. The Morgan fingerprint density at radius 2 is 1.68 bits per heavy atom. The number of hydrogen-bond donors (Lipinski definition) is 1. The maximum absolute atomic E-state index is 13.5. The second kappa shape index (κ2) is 13.6. The Hall–Kier alpha value is -2.27. The molecule has 1 N–H and O–H groups in total. The topological polar surface area (TPSA) is 44.8 Å². The molecule has 0 bridgehead atoms. The minimum Gasteiger partial charge on any atom is -0.489 e. The van der Waals surface area contributed by atoms with Crippen LogP contribution in [0.1, 0.15) is 51.2 Å². The number of ether oxygens (including phenoxy) is 1. The van der Waals surface area contributed by atoms with Gasteiger partial charge < -0.3 is 10.1 Å². The van der Waals surface area contributed by atoms with Crippen molar-refractivity contribution < 1.29 is 18.3 Å². The van der Waals surface area contributed by atoms with E-state index < -0.39 is 11.6 Å². The van der Waals surface area contributed by atoms with Crippen molar-refractivity contribution in [2.24, 2.45) is 0 Å². The quantitative estimate of drug-likeness (QED) is 0.159. The molecule has 0 aliphatic carbocycles. The first-order chi connectivity index (χ1) is 19.4. The SMILES string of the molecule is O=C(NC1CCN(C(I)c2ccccc2)CC1)c1ccc(OC2CCN(Cc3ccc(F)c(F)c3)CC2)c(Cl)c1. The molecule has 0 spiro atoms. The van der Waals surface area contributed by atoms with E-state index in [9.17, 15) is 13.6 Å². The van der Waals surface area contributed by atoms with E-state index in [1.54, 1.807) is 24.3 Å². The van der Waals surface area contributed by atoms with Crippen molar-refractivity contribution in [1.29, 1.82) is 0 Å². The van der Waals surface area contributed by atoms with Gasteiger partial charge in [0.05, 0.1) is 9.07 Å². The highest BCUT2D eigenvalue weighted by atomic mass is 127. The van der Waals surface area contributed by atoms with Crippen molar-refractivity contribution in [2.75, 3.05) is 26.2 Å². The average Bonchev–Trinajstić information content (AvgIpc) is 2.97. The Morgan fingerprint density at radius 3 is 2.35 bits per heavy atom. The summed E-state index contributed by atoms with van der Waals surface area (Å²) in [6.07, 6.45) is 3.40. The van der Waals surface area contributed by atoms with Gasteiger partial charge in [0, 0.05) is 44.3 Å². The summed E-state index contributed by atoms with van der Waals surface area (Å²) in [5.41, 5.74) is 2.58. The standard InChI is InChI=1S/C31H33ClF2IN3O2/c32-26-19-23(31(39)36-24-10-16-38(17-11-24)30(35)22-4-2-1-3-5-22)7-9-29(26)40-25-12-14-37(15-13-25)20-21-6-8-27(33)28(34)18-21/h1-9,18-19,24-25,30H,10-17,20H2,(H,36,39). The fraction of sp³-hybridized carbons (Fsp3) is 0.387. The Balaban J connectivity index is 1.07. The summed E-state index contributed by atoms with van der Waals surface area (Å²) < 4.78 is 33.2. The highest BCUT2D eigenvalue weighted by Crippen LogP contribution is 2.31. The van der Waals surface area contributed by atoms with Gasteiger partial charge in [-0.2, -0.15) is 0 Å². The van der Waals surface area contributed by atoms with E-state index >= 15 is 0 Å². The molecule has 40 heavy (non-hydrogen) atoms. The molecule has 1 amide bonds. The zero-order valence-electron chi connectivity index (χ0n) is 22.2. The van der Waals surface area contributed by atoms with Crippen LogP contribution in [0.4, 0.5) is 8.78 Å². The number of nitrogens with zero attached hydrogens (tertiary/aromatic N) is 2. The number of alkyl halides is 1. The largest absolute Gasteiger partial charge is 0.489 e. The van der Waals surface area contributed by atoms with Gasteiger partial charge in [-0.25, -0.2) is 8.78 Å². The number of benzene rings is 3. The van der Waals surface area contributed by atoms with Crippen LogP contribution < -0.4 is 10.1 Å². The predicted molar refractivity (Wildman–Crippen MR) is 162 cm³/mol. The third-order valence-corrected chi connectivity index (χ3v) is 9.47. The van der Waals surface area contributed by atoms with E-state index in [2.05, 4.69) is 62.0 Å². The molecule has 212 valence electrons. The fourth-order valence-corrected chi connectivity index (χ4v) is 6.56. The van der Waals surface area contributed by atoms with Crippen LogP contribution in [0.15, 0.2) is 66.7 Å². The van der Waals surface area contributed by atoms with E-state index in [-0.39, 0.29) is 18.1 Å². The van der Waals surface area contributed by atoms with Crippen LogP contribution >= 0.6 is 34.2 Å². The molecule has 5 rings (SSSR count).